The van der Waals surface area contributed by atoms with Crippen LogP contribution in [0.25, 0.3) is 10.2 Å². The Morgan fingerprint density at radius 2 is 1.94 bits per heavy atom. The number of anilines is 1. The highest BCUT2D eigenvalue weighted by molar-refractivity contribution is 7.19. The molecule has 1 aliphatic carbocycles. The number of benzene rings is 1. The molecule has 9 heteroatoms. The molecule has 2 N–H and O–H groups in total. The van der Waals surface area contributed by atoms with Crippen molar-refractivity contribution in [3.63, 3.8) is 0 Å². The van der Waals surface area contributed by atoms with E-state index in [0.717, 1.165) is 63.1 Å². The maximum Gasteiger partial charge on any atom is 0.306 e. The van der Waals surface area contributed by atoms with E-state index < -0.39 is 5.97 Å². The first kappa shape index (κ1) is 22.2. The Labute approximate surface area is 201 Å². The average Bonchev–Trinajstić information content (AvgIpc) is 3.12. The molecular weight excluding hydrogens is 462 g/mol. The van der Waals surface area contributed by atoms with Crippen molar-refractivity contribution in [2.24, 2.45) is 5.92 Å². The lowest BCUT2D eigenvalue weighted by Crippen LogP contribution is -2.21. The summed E-state index contributed by atoms with van der Waals surface area (Å²) in [4.78, 5) is 22.9. The number of halogens is 1. The number of thiophene rings is 1. The fourth-order valence-electron chi connectivity index (χ4n) is 4.57. The predicted molar refractivity (Wildman–Crippen MR) is 129 cm³/mol. The largest absolute Gasteiger partial charge is 0.486 e. The van der Waals surface area contributed by atoms with Crippen molar-refractivity contribution in [1.29, 1.82) is 0 Å². The molecule has 2 aliphatic rings. The lowest BCUT2D eigenvalue weighted by molar-refractivity contribution is -0.142. The Morgan fingerprint density at radius 3 is 2.70 bits per heavy atom. The topological polar surface area (TPSA) is 93.6 Å². The molecule has 0 unspecified atom stereocenters. The third kappa shape index (κ3) is 4.59. The molecule has 7 nitrogen and oxygen atoms in total. The van der Waals surface area contributed by atoms with Gasteiger partial charge in [0.2, 0.25) is 0 Å². The van der Waals surface area contributed by atoms with Crippen molar-refractivity contribution in [1.82, 2.24) is 9.97 Å². The molecule has 5 rings (SSSR count). The normalized spacial score (nSPS) is 20.1. The molecular formula is C24H26ClN3O4S. The summed E-state index contributed by atoms with van der Waals surface area (Å²) in [5.74, 6) is 2.33. The van der Waals surface area contributed by atoms with Crippen LogP contribution >= 0.6 is 22.9 Å². The van der Waals surface area contributed by atoms with Gasteiger partial charge in [0.15, 0.2) is 11.5 Å². The number of hydrogen-bond donors (Lipinski definition) is 2. The third-order valence-corrected chi connectivity index (χ3v) is 8.01. The third-order valence-electron chi connectivity index (χ3n) is 6.43. The number of aliphatic carboxylic acids is 1. The molecule has 0 bridgehead atoms. The van der Waals surface area contributed by atoms with Gasteiger partial charge in [0, 0.05) is 17.3 Å². The monoisotopic (exact) mass is 487 g/mol. The minimum atomic E-state index is -0.702. The average molecular weight is 488 g/mol. The highest BCUT2D eigenvalue weighted by Crippen LogP contribution is 2.41. The van der Waals surface area contributed by atoms with Crippen LogP contribution in [0.5, 0.6) is 11.5 Å². The highest BCUT2D eigenvalue weighted by atomic mass is 35.5. The Kier molecular flexibility index (Phi) is 6.29. The summed E-state index contributed by atoms with van der Waals surface area (Å²) in [6.45, 7) is 3.83. The first-order chi connectivity index (χ1) is 16.0. The number of fused-ring (bicyclic) bond motifs is 2. The van der Waals surface area contributed by atoms with Crippen LogP contribution in [0.4, 0.5) is 5.82 Å². The minimum absolute atomic E-state index is 0.171. The van der Waals surface area contributed by atoms with E-state index in [1.165, 1.54) is 0 Å². The second-order valence-electron chi connectivity index (χ2n) is 8.62. The number of nitrogens with zero attached hydrogens (tertiary/aromatic N) is 2. The molecule has 1 aliphatic heterocycles. The predicted octanol–water partition coefficient (Wildman–Crippen LogP) is 5.44. The molecule has 3 heterocycles. The molecule has 33 heavy (non-hydrogen) atoms. The molecule has 0 amide bonds. The van der Waals surface area contributed by atoms with Gasteiger partial charge in [-0.1, -0.05) is 17.7 Å². The second kappa shape index (κ2) is 9.35. The maximum atomic E-state index is 11.3. The number of hydrogen-bond acceptors (Lipinski definition) is 7. The van der Waals surface area contributed by atoms with Gasteiger partial charge < -0.3 is 19.9 Å². The van der Waals surface area contributed by atoms with Crippen LogP contribution in [0.15, 0.2) is 18.2 Å². The van der Waals surface area contributed by atoms with Gasteiger partial charge in [0.25, 0.3) is 0 Å². The van der Waals surface area contributed by atoms with Crippen LogP contribution in [-0.2, 0) is 11.2 Å². The molecule has 0 radical (unpaired) electrons. The van der Waals surface area contributed by atoms with E-state index in [2.05, 4.69) is 11.4 Å². The second-order valence-corrected chi connectivity index (χ2v) is 10.2. The number of carboxylic acid groups (broad SMARTS) is 1. The lowest BCUT2D eigenvalue weighted by atomic mass is 9.81. The quantitative estimate of drug-likeness (QED) is 0.478. The molecule has 1 aromatic carbocycles. The number of carbonyl (C=O) groups is 1. The van der Waals surface area contributed by atoms with Crippen molar-refractivity contribution < 1.29 is 19.4 Å². The molecule has 1 saturated carbocycles. The first-order valence-corrected chi connectivity index (χ1v) is 12.5. The summed E-state index contributed by atoms with van der Waals surface area (Å²) >= 11 is 8.18. The van der Waals surface area contributed by atoms with Crippen LogP contribution in [0.2, 0.25) is 5.02 Å². The fraction of sp³-hybridized carbons (Fsp3) is 0.458. The summed E-state index contributed by atoms with van der Waals surface area (Å²) in [6, 6.07) is 6.04. The molecule has 2 aromatic heterocycles. The van der Waals surface area contributed by atoms with Crippen LogP contribution in [0, 0.1) is 12.8 Å². The summed E-state index contributed by atoms with van der Waals surface area (Å²) in [5, 5.41) is 14.3. The van der Waals surface area contributed by atoms with E-state index in [4.69, 9.17) is 31.0 Å². The van der Waals surface area contributed by atoms with E-state index in [9.17, 15) is 9.90 Å². The van der Waals surface area contributed by atoms with Gasteiger partial charge in [-0.05, 0) is 56.7 Å². The fourth-order valence-corrected chi connectivity index (χ4v) is 5.84. The van der Waals surface area contributed by atoms with Crippen LogP contribution in [0.3, 0.4) is 0 Å². The van der Waals surface area contributed by atoms with Crippen molar-refractivity contribution in [3.05, 3.63) is 39.5 Å². The van der Waals surface area contributed by atoms with E-state index in [1.807, 2.05) is 19.1 Å². The molecule has 0 spiro atoms. The van der Waals surface area contributed by atoms with Crippen molar-refractivity contribution >= 4 is 44.9 Å². The van der Waals surface area contributed by atoms with E-state index >= 15 is 0 Å². The summed E-state index contributed by atoms with van der Waals surface area (Å²) in [7, 11) is 0. The van der Waals surface area contributed by atoms with E-state index in [1.54, 1.807) is 11.3 Å². The maximum absolute atomic E-state index is 11.3. The van der Waals surface area contributed by atoms with Crippen LogP contribution in [0.1, 0.15) is 47.9 Å². The van der Waals surface area contributed by atoms with Crippen molar-refractivity contribution in [2.75, 3.05) is 25.1 Å². The molecule has 1 fully saturated rings. The SMILES string of the molecule is Cc1sc2nc(C3CCC(C(=O)O)CC3)nc(NCCc3ccc4c(c3)OCCO4)c2c1Cl. The van der Waals surface area contributed by atoms with Crippen molar-refractivity contribution in [3.8, 4) is 11.5 Å². The Hall–Kier alpha value is -2.58. The number of aryl methyl sites for hydroxylation is 1. The zero-order valence-corrected chi connectivity index (χ0v) is 20.0. The number of nitrogens with one attached hydrogen (secondary N) is 1. The van der Waals surface area contributed by atoms with E-state index in [0.29, 0.717) is 37.6 Å². The highest BCUT2D eigenvalue weighted by Gasteiger charge is 2.29. The van der Waals surface area contributed by atoms with Crippen LogP contribution < -0.4 is 14.8 Å². The zero-order chi connectivity index (χ0) is 22.9. The van der Waals surface area contributed by atoms with E-state index in [-0.39, 0.29) is 11.8 Å². The summed E-state index contributed by atoms with van der Waals surface area (Å²) in [6.07, 6.45) is 3.70. The molecule has 0 atom stereocenters. The zero-order valence-electron chi connectivity index (χ0n) is 18.4. The number of aromatic nitrogens is 2. The van der Waals surface area contributed by atoms with Gasteiger partial charge in [0.05, 0.1) is 16.3 Å². The number of carboxylic acids is 1. The molecule has 3 aromatic rings. The number of ether oxygens (including phenoxy) is 2. The summed E-state index contributed by atoms with van der Waals surface area (Å²) < 4.78 is 11.3. The minimum Gasteiger partial charge on any atom is -0.486 e. The number of rotatable bonds is 6. The smallest absolute Gasteiger partial charge is 0.306 e. The van der Waals surface area contributed by atoms with Crippen molar-refractivity contribution in [2.45, 2.75) is 44.9 Å². The van der Waals surface area contributed by atoms with Gasteiger partial charge in [-0.15, -0.1) is 11.3 Å². The van der Waals surface area contributed by atoms with Gasteiger partial charge >= 0.3 is 5.97 Å². The Balaban J connectivity index is 1.35. The molecule has 0 saturated heterocycles. The van der Waals surface area contributed by atoms with Gasteiger partial charge in [0.1, 0.15) is 29.7 Å². The van der Waals surface area contributed by atoms with Crippen LogP contribution in [-0.4, -0.2) is 40.8 Å². The summed E-state index contributed by atoms with van der Waals surface area (Å²) in [5.41, 5.74) is 1.15. The standard InChI is InChI=1S/C24H26ClN3O4S/c1-13-20(25)19-22(26-9-8-14-2-7-17-18(12-14)32-11-10-31-17)27-21(28-23(19)33-13)15-3-5-16(6-4-15)24(29)30/h2,7,12,15-16H,3-6,8-11H2,1H3,(H,29,30)(H,26,27,28). The lowest BCUT2D eigenvalue weighted by Gasteiger charge is -2.25. The Bertz CT molecular complexity index is 1190. The van der Waals surface area contributed by atoms with Gasteiger partial charge in [-0.2, -0.15) is 0 Å². The van der Waals surface area contributed by atoms with Gasteiger partial charge in [-0.25, -0.2) is 9.97 Å². The Morgan fingerprint density at radius 1 is 1.18 bits per heavy atom. The van der Waals surface area contributed by atoms with Gasteiger partial charge in [-0.3, -0.25) is 4.79 Å². The molecule has 174 valence electrons. The first-order valence-electron chi connectivity index (χ1n) is 11.3.